The molecule has 2 N–H and O–H groups in total. The molecule has 2 nitrogen and oxygen atoms in total. The molecule has 0 atom stereocenters. The average molecular weight is 515 g/mol. The van der Waals surface area contributed by atoms with Gasteiger partial charge in [-0.25, -0.2) is 0 Å². The lowest BCUT2D eigenvalue weighted by molar-refractivity contribution is 0.423. The molecule has 0 fully saturated rings. The van der Waals surface area contributed by atoms with Crippen molar-refractivity contribution in [1.29, 1.82) is 0 Å². The lowest BCUT2D eigenvalue weighted by Crippen LogP contribution is -2.18. The number of benzene rings is 3. The monoisotopic (exact) mass is 514 g/mol. The first-order chi connectivity index (χ1) is 17.3. The summed E-state index contributed by atoms with van der Waals surface area (Å²) in [5, 5.41) is 22.3. The summed E-state index contributed by atoms with van der Waals surface area (Å²) in [6.07, 6.45) is 0.809. The Morgan fingerprint density at radius 2 is 1.08 bits per heavy atom. The van der Waals surface area contributed by atoms with E-state index in [1.165, 1.54) is 38.9 Å². The molecule has 0 spiro atoms. The van der Waals surface area contributed by atoms with Crippen molar-refractivity contribution in [3.05, 3.63) is 80.4 Å². The van der Waals surface area contributed by atoms with Crippen molar-refractivity contribution in [2.75, 3.05) is 0 Å². The first-order valence-electron chi connectivity index (χ1n) is 14.2. The summed E-state index contributed by atoms with van der Waals surface area (Å²) in [5.41, 5.74) is 12.6. The molecule has 0 amide bonds. The highest BCUT2D eigenvalue weighted by Gasteiger charge is 2.27. The molecule has 0 unspecified atom stereocenters. The number of phenolic OH excluding ortho intramolecular Hbond substituents is 2. The molecule has 3 aromatic carbocycles. The summed E-state index contributed by atoms with van der Waals surface area (Å²) in [6, 6.07) is 11.1. The van der Waals surface area contributed by atoms with E-state index in [1.54, 1.807) is 0 Å². The smallest absolute Gasteiger partial charge is 0.123 e. The molecule has 38 heavy (non-hydrogen) atoms. The Morgan fingerprint density at radius 1 is 0.632 bits per heavy atom. The highest BCUT2D eigenvalue weighted by Crippen LogP contribution is 2.43. The van der Waals surface area contributed by atoms with Crippen LogP contribution < -0.4 is 0 Å². The molecule has 3 aromatic rings. The number of aromatic hydroxyl groups is 2. The van der Waals surface area contributed by atoms with Crippen LogP contribution in [0.5, 0.6) is 11.5 Å². The van der Waals surface area contributed by atoms with Crippen LogP contribution in [-0.4, -0.2) is 10.2 Å². The van der Waals surface area contributed by atoms with Gasteiger partial charge in [0.05, 0.1) is 0 Å². The number of hydrogen-bond donors (Lipinski definition) is 2. The number of rotatable bonds is 5. The van der Waals surface area contributed by atoms with Crippen LogP contribution in [0.25, 0.3) is 11.1 Å². The van der Waals surface area contributed by atoms with Gasteiger partial charge in [0.15, 0.2) is 0 Å². The van der Waals surface area contributed by atoms with E-state index in [-0.39, 0.29) is 22.7 Å². The number of phenols is 2. The van der Waals surface area contributed by atoms with Crippen LogP contribution in [-0.2, 0) is 17.3 Å². The van der Waals surface area contributed by atoms with Gasteiger partial charge in [-0.1, -0.05) is 87.4 Å². The van der Waals surface area contributed by atoms with Crippen molar-refractivity contribution in [1.82, 2.24) is 0 Å². The third kappa shape index (κ3) is 5.80. The molecule has 0 heterocycles. The third-order valence-corrected chi connectivity index (χ3v) is 8.00. The summed E-state index contributed by atoms with van der Waals surface area (Å²) < 4.78 is 0. The van der Waals surface area contributed by atoms with E-state index in [0.717, 1.165) is 28.7 Å². The zero-order valence-electron chi connectivity index (χ0n) is 26.1. The van der Waals surface area contributed by atoms with Crippen LogP contribution >= 0.6 is 0 Å². The van der Waals surface area contributed by atoms with Gasteiger partial charge in [-0.15, -0.1) is 0 Å². The van der Waals surface area contributed by atoms with E-state index in [2.05, 4.69) is 120 Å². The Balaban J connectivity index is 2.27. The first kappa shape index (κ1) is 29.8. The van der Waals surface area contributed by atoms with E-state index in [9.17, 15) is 10.2 Å². The van der Waals surface area contributed by atoms with Gasteiger partial charge in [0.2, 0.25) is 0 Å². The first-order valence-corrected chi connectivity index (χ1v) is 14.2. The molecule has 0 bridgehead atoms. The second kappa shape index (κ2) is 10.4. The molecule has 0 radical (unpaired) electrons. The minimum Gasteiger partial charge on any atom is -0.507 e. The van der Waals surface area contributed by atoms with Crippen LogP contribution in [0.3, 0.4) is 0 Å². The van der Waals surface area contributed by atoms with Gasteiger partial charge in [0.1, 0.15) is 11.5 Å². The SMILES string of the molecule is Cc1cc(C)c(-c2cc(C(C)C)c(O)c(C(C)C)c2)c(C)c1Cc1cc(C(C)(C)C)c(O)c(C(C)(C)C)c1. The van der Waals surface area contributed by atoms with Crippen molar-refractivity contribution >= 4 is 0 Å². The van der Waals surface area contributed by atoms with Gasteiger partial charge in [-0.3, -0.25) is 0 Å². The Morgan fingerprint density at radius 3 is 1.47 bits per heavy atom. The van der Waals surface area contributed by atoms with E-state index >= 15 is 0 Å². The fourth-order valence-electron chi connectivity index (χ4n) is 5.79. The van der Waals surface area contributed by atoms with Crippen LogP contribution in [0.2, 0.25) is 0 Å². The van der Waals surface area contributed by atoms with Crippen LogP contribution in [0.15, 0.2) is 30.3 Å². The van der Waals surface area contributed by atoms with Gasteiger partial charge in [-0.2, -0.15) is 0 Å². The maximum Gasteiger partial charge on any atom is 0.123 e. The molecule has 2 heteroatoms. The molecule has 0 saturated carbocycles. The summed E-state index contributed by atoms with van der Waals surface area (Å²) in [5.74, 6) is 1.34. The molecule has 0 saturated heterocycles. The van der Waals surface area contributed by atoms with Crippen molar-refractivity contribution < 1.29 is 10.2 Å². The normalized spacial score (nSPS) is 12.6. The molecular weight excluding hydrogens is 464 g/mol. The van der Waals surface area contributed by atoms with Gasteiger partial charge >= 0.3 is 0 Å². The summed E-state index contributed by atoms with van der Waals surface area (Å²) in [4.78, 5) is 0. The zero-order valence-corrected chi connectivity index (χ0v) is 26.1. The molecule has 206 valence electrons. The Bertz CT molecular complexity index is 1280. The Labute approximate surface area is 232 Å². The van der Waals surface area contributed by atoms with Gasteiger partial charge < -0.3 is 10.2 Å². The molecule has 0 aliphatic heterocycles. The number of aryl methyl sites for hydroxylation is 2. The van der Waals surface area contributed by atoms with E-state index < -0.39 is 0 Å². The molecule has 3 rings (SSSR count). The standard InChI is InChI=1S/C36H50O2/c1-20(2)27-18-26(19-28(21(3)4)33(27)37)32-23(6)14-22(5)29(24(32)7)15-25-16-30(35(8,9)10)34(38)31(17-25)36(11,12)13/h14,16-21,37-38H,15H2,1-13H3. The zero-order chi connectivity index (χ0) is 28.9. The maximum atomic E-state index is 11.2. The number of hydrogen-bond acceptors (Lipinski definition) is 2. The lowest BCUT2D eigenvalue weighted by Gasteiger charge is -2.28. The van der Waals surface area contributed by atoms with Gasteiger partial charge in [0.25, 0.3) is 0 Å². The molecule has 0 aromatic heterocycles. The molecule has 0 aliphatic carbocycles. The quantitative estimate of drug-likeness (QED) is 0.355. The third-order valence-electron chi connectivity index (χ3n) is 8.00. The fraction of sp³-hybridized carbons (Fsp3) is 0.500. The topological polar surface area (TPSA) is 40.5 Å². The Kier molecular flexibility index (Phi) is 8.19. The van der Waals surface area contributed by atoms with Crippen LogP contribution in [0.4, 0.5) is 0 Å². The van der Waals surface area contributed by atoms with Crippen LogP contribution in [0, 0.1) is 20.8 Å². The van der Waals surface area contributed by atoms with Gasteiger partial charge in [0, 0.05) is 0 Å². The second-order valence-electron chi connectivity index (χ2n) is 14.0. The fourth-order valence-corrected chi connectivity index (χ4v) is 5.79. The minimum atomic E-state index is -0.158. The summed E-state index contributed by atoms with van der Waals surface area (Å²) >= 11 is 0. The molecular formula is C36H50O2. The van der Waals surface area contributed by atoms with Crippen LogP contribution in [0.1, 0.15) is 131 Å². The highest BCUT2D eigenvalue weighted by atomic mass is 16.3. The lowest BCUT2D eigenvalue weighted by atomic mass is 9.77. The predicted molar refractivity (Wildman–Crippen MR) is 164 cm³/mol. The largest absolute Gasteiger partial charge is 0.507 e. The van der Waals surface area contributed by atoms with Gasteiger partial charge in [-0.05, 0) is 123 Å². The van der Waals surface area contributed by atoms with Crippen molar-refractivity contribution in [3.63, 3.8) is 0 Å². The summed E-state index contributed by atoms with van der Waals surface area (Å²) in [6.45, 7) is 28.3. The molecule has 0 aliphatic rings. The second-order valence-corrected chi connectivity index (χ2v) is 14.0. The van der Waals surface area contributed by atoms with E-state index in [4.69, 9.17) is 0 Å². The van der Waals surface area contributed by atoms with Crippen molar-refractivity contribution in [2.45, 2.75) is 119 Å². The predicted octanol–water partition coefficient (Wildman–Crippen LogP) is 10.1. The summed E-state index contributed by atoms with van der Waals surface area (Å²) in [7, 11) is 0. The van der Waals surface area contributed by atoms with E-state index in [0.29, 0.717) is 11.5 Å². The average Bonchev–Trinajstić information content (AvgIpc) is 2.76. The van der Waals surface area contributed by atoms with Crippen molar-refractivity contribution in [3.8, 4) is 22.6 Å². The van der Waals surface area contributed by atoms with Crippen molar-refractivity contribution in [2.24, 2.45) is 0 Å². The maximum absolute atomic E-state index is 11.2. The Hall–Kier alpha value is -2.74. The highest BCUT2D eigenvalue weighted by molar-refractivity contribution is 5.76. The minimum absolute atomic E-state index is 0.158. The van der Waals surface area contributed by atoms with E-state index in [1.807, 2.05) is 0 Å².